The number of amides is 1. The molecule has 2 aromatic heterocycles. The van der Waals surface area contributed by atoms with Crippen molar-refractivity contribution in [3.63, 3.8) is 0 Å². The average molecular weight is 272 g/mol. The molecule has 1 aliphatic heterocycles. The fourth-order valence-corrected chi connectivity index (χ4v) is 2.53. The number of hydrogen-bond donors (Lipinski definition) is 0. The summed E-state index contributed by atoms with van der Waals surface area (Å²) in [6.45, 7) is 2.49. The molecule has 1 aliphatic rings. The van der Waals surface area contributed by atoms with Crippen molar-refractivity contribution < 1.29 is 9.32 Å². The van der Waals surface area contributed by atoms with Gasteiger partial charge in [0, 0.05) is 18.9 Å². The number of piperidine rings is 1. The summed E-state index contributed by atoms with van der Waals surface area (Å²) < 4.78 is 5.25. The predicted octanol–water partition coefficient (Wildman–Crippen LogP) is 2.14. The van der Waals surface area contributed by atoms with Gasteiger partial charge < -0.3 is 9.42 Å². The molecule has 1 atom stereocenters. The van der Waals surface area contributed by atoms with E-state index in [1.807, 2.05) is 4.90 Å². The van der Waals surface area contributed by atoms with Gasteiger partial charge in [-0.25, -0.2) is 0 Å². The van der Waals surface area contributed by atoms with E-state index in [9.17, 15) is 4.79 Å². The Morgan fingerprint density at radius 2 is 2.35 bits per heavy atom. The molecule has 0 unspecified atom stereocenters. The lowest BCUT2D eigenvalue weighted by Crippen LogP contribution is -2.38. The Kier molecular flexibility index (Phi) is 3.45. The van der Waals surface area contributed by atoms with Crippen molar-refractivity contribution in [2.24, 2.45) is 0 Å². The van der Waals surface area contributed by atoms with Gasteiger partial charge in [-0.05, 0) is 38.3 Å². The van der Waals surface area contributed by atoms with Gasteiger partial charge in [0.1, 0.15) is 6.04 Å². The molecule has 0 aromatic carbocycles. The Hall–Kier alpha value is -2.24. The van der Waals surface area contributed by atoms with E-state index in [1.54, 1.807) is 31.5 Å². The van der Waals surface area contributed by atoms with E-state index in [0.717, 1.165) is 19.3 Å². The third-order valence-electron chi connectivity index (χ3n) is 3.50. The molecule has 0 bridgehead atoms. The Balaban J connectivity index is 1.87. The summed E-state index contributed by atoms with van der Waals surface area (Å²) in [6.07, 6.45) is 6.16. The number of likely N-dealkylation sites (tertiary alicyclic amines) is 1. The molecule has 104 valence electrons. The monoisotopic (exact) mass is 272 g/mol. The minimum absolute atomic E-state index is 0.0290. The van der Waals surface area contributed by atoms with Gasteiger partial charge in [0.25, 0.3) is 5.91 Å². The smallest absolute Gasteiger partial charge is 0.256 e. The second kappa shape index (κ2) is 5.40. The molecular formula is C14H16N4O2. The van der Waals surface area contributed by atoms with Gasteiger partial charge >= 0.3 is 0 Å². The van der Waals surface area contributed by atoms with Gasteiger partial charge in [0.2, 0.25) is 5.89 Å². The van der Waals surface area contributed by atoms with Crippen LogP contribution in [0.4, 0.5) is 0 Å². The van der Waals surface area contributed by atoms with Crippen LogP contribution in [0.3, 0.4) is 0 Å². The van der Waals surface area contributed by atoms with Crippen molar-refractivity contribution in [3.8, 4) is 0 Å². The quantitative estimate of drug-likeness (QED) is 0.837. The lowest BCUT2D eigenvalue weighted by Gasteiger charge is -2.33. The van der Waals surface area contributed by atoms with Crippen LogP contribution in [0.15, 0.2) is 29.0 Å². The highest BCUT2D eigenvalue weighted by Crippen LogP contribution is 2.30. The topological polar surface area (TPSA) is 72.1 Å². The molecule has 3 heterocycles. The molecule has 6 nitrogen and oxygen atoms in total. The van der Waals surface area contributed by atoms with Crippen molar-refractivity contribution in [2.75, 3.05) is 6.54 Å². The number of carbonyl (C=O) groups is 1. The lowest BCUT2D eigenvalue weighted by molar-refractivity contribution is 0.0561. The maximum absolute atomic E-state index is 12.6. The van der Waals surface area contributed by atoms with Crippen molar-refractivity contribution >= 4 is 5.91 Å². The zero-order chi connectivity index (χ0) is 13.9. The largest absolute Gasteiger partial charge is 0.337 e. The SMILES string of the molecule is Cc1noc([C@@H]2CCCCN2C(=O)c2cccnc2)n1. The molecule has 1 fully saturated rings. The molecule has 0 spiro atoms. The summed E-state index contributed by atoms with van der Waals surface area (Å²) >= 11 is 0. The van der Waals surface area contributed by atoms with Crippen LogP contribution in [0.25, 0.3) is 0 Å². The Labute approximate surface area is 116 Å². The van der Waals surface area contributed by atoms with E-state index < -0.39 is 0 Å². The number of carbonyl (C=O) groups excluding carboxylic acids is 1. The van der Waals surface area contributed by atoms with Crippen molar-refractivity contribution in [1.82, 2.24) is 20.0 Å². The van der Waals surface area contributed by atoms with Crippen molar-refractivity contribution in [3.05, 3.63) is 41.8 Å². The van der Waals surface area contributed by atoms with Gasteiger partial charge in [-0.2, -0.15) is 4.98 Å². The standard InChI is InChI=1S/C14H16N4O2/c1-10-16-13(20-17-10)12-6-2-3-8-18(12)14(19)11-5-4-7-15-9-11/h4-5,7,9,12H,2-3,6,8H2,1H3/t12-/m0/s1. The fraction of sp³-hybridized carbons (Fsp3) is 0.429. The number of rotatable bonds is 2. The van der Waals surface area contributed by atoms with E-state index >= 15 is 0 Å². The van der Waals surface area contributed by atoms with Crippen LogP contribution >= 0.6 is 0 Å². The summed E-state index contributed by atoms with van der Waals surface area (Å²) in [4.78, 5) is 22.7. The normalized spacial score (nSPS) is 19.1. The Morgan fingerprint density at radius 1 is 1.45 bits per heavy atom. The zero-order valence-corrected chi connectivity index (χ0v) is 11.3. The van der Waals surface area contributed by atoms with E-state index in [0.29, 0.717) is 23.8 Å². The maximum atomic E-state index is 12.6. The van der Waals surface area contributed by atoms with Gasteiger partial charge in [0.15, 0.2) is 5.82 Å². The molecule has 6 heteroatoms. The molecule has 1 saturated heterocycles. The lowest BCUT2D eigenvalue weighted by atomic mass is 10.0. The van der Waals surface area contributed by atoms with Crippen LogP contribution in [0.2, 0.25) is 0 Å². The van der Waals surface area contributed by atoms with E-state index in [1.165, 1.54) is 0 Å². The Morgan fingerprint density at radius 3 is 3.05 bits per heavy atom. The second-order valence-corrected chi connectivity index (χ2v) is 4.93. The summed E-state index contributed by atoms with van der Waals surface area (Å²) in [5.41, 5.74) is 0.593. The molecule has 0 N–H and O–H groups in total. The van der Waals surface area contributed by atoms with E-state index in [-0.39, 0.29) is 11.9 Å². The molecular weight excluding hydrogens is 256 g/mol. The van der Waals surface area contributed by atoms with Gasteiger partial charge in [0.05, 0.1) is 5.56 Å². The first kappa shape index (κ1) is 12.8. The fourth-order valence-electron chi connectivity index (χ4n) is 2.53. The summed E-state index contributed by atoms with van der Waals surface area (Å²) in [6, 6.07) is 3.42. The summed E-state index contributed by atoms with van der Waals surface area (Å²) in [5.74, 6) is 1.09. The van der Waals surface area contributed by atoms with Crippen LogP contribution in [0, 0.1) is 6.92 Å². The minimum atomic E-state index is -0.127. The first-order chi connectivity index (χ1) is 9.75. The van der Waals surface area contributed by atoms with Gasteiger partial charge in [-0.3, -0.25) is 9.78 Å². The third kappa shape index (κ3) is 2.41. The average Bonchev–Trinajstić information content (AvgIpc) is 2.94. The molecule has 20 heavy (non-hydrogen) atoms. The molecule has 0 saturated carbocycles. The van der Waals surface area contributed by atoms with Crippen LogP contribution in [-0.4, -0.2) is 32.5 Å². The summed E-state index contributed by atoms with van der Waals surface area (Å²) in [7, 11) is 0. The first-order valence-corrected chi connectivity index (χ1v) is 6.77. The Bertz CT molecular complexity index is 596. The van der Waals surface area contributed by atoms with Crippen LogP contribution in [0.5, 0.6) is 0 Å². The number of aromatic nitrogens is 3. The van der Waals surface area contributed by atoms with Crippen molar-refractivity contribution in [1.29, 1.82) is 0 Å². The predicted molar refractivity (Wildman–Crippen MR) is 70.9 cm³/mol. The van der Waals surface area contributed by atoms with E-state index in [2.05, 4.69) is 15.1 Å². The van der Waals surface area contributed by atoms with E-state index in [4.69, 9.17) is 4.52 Å². The summed E-state index contributed by atoms with van der Waals surface area (Å²) in [5, 5.41) is 3.82. The minimum Gasteiger partial charge on any atom is -0.337 e. The van der Waals surface area contributed by atoms with Crippen LogP contribution in [-0.2, 0) is 0 Å². The molecule has 0 radical (unpaired) electrons. The highest BCUT2D eigenvalue weighted by Gasteiger charge is 2.32. The molecule has 2 aromatic rings. The zero-order valence-electron chi connectivity index (χ0n) is 11.3. The number of hydrogen-bond acceptors (Lipinski definition) is 5. The molecule has 3 rings (SSSR count). The van der Waals surface area contributed by atoms with Gasteiger partial charge in [-0.1, -0.05) is 5.16 Å². The molecule has 0 aliphatic carbocycles. The van der Waals surface area contributed by atoms with Crippen LogP contribution in [0.1, 0.15) is 47.4 Å². The van der Waals surface area contributed by atoms with Crippen molar-refractivity contribution in [2.45, 2.75) is 32.2 Å². The number of aryl methyl sites for hydroxylation is 1. The van der Waals surface area contributed by atoms with Gasteiger partial charge in [-0.15, -0.1) is 0 Å². The number of nitrogens with zero attached hydrogens (tertiary/aromatic N) is 4. The molecule has 1 amide bonds. The maximum Gasteiger partial charge on any atom is 0.256 e. The second-order valence-electron chi connectivity index (χ2n) is 4.93. The highest BCUT2D eigenvalue weighted by molar-refractivity contribution is 5.94. The first-order valence-electron chi connectivity index (χ1n) is 6.77. The third-order valence-corrected chi connectivity index (χ3v) is 3.50. The number of pyridine rings is 1. The highest BCUT2D eigenvalue weighted by atomic mass is 16.5. The van der Waals surface area contributed by atoms with Crippen LogP contribution < -0.4 is 0 Å².